The third-order valence-corrected chi connectivity index (χ3v) is 3.65. The lowest BCUT2D eigenvalue weighted by Crippen LogP contribution is -2.33. The first-order valence-corrected chi connectivity index (χ1v) is 6.49. The Hall–Kier alpha value is -1.46. The zero-order chi connectivity index (χ0) is 13.1. The molecule has 94 valence electrons. The minimum Gasteiger partial charge on any atom is -0.327 e. The van der Waals surface area contributed by atoms with Crippen molar-refractivity contribution in [3.63, 3.8) is 0 Å². The summed E-state index contributed by atoms with van der Waals surface area (Å²) in [5.41, 5.74) is 1.47. The minimum atomic E-state index is -0.0140. The Morgan fingerprint density at radius 1 is 1.56 bits per heavy atom. The molecule has 0 aliphatic heterocycles. The van der Waals surface area contributed by atoms with Crippen molar-refractivity contribution in [2.24, 2.45) is 5.92 Å². The molecule has 1 aromatic rings. The zero-order valence-electron chi connectivity index (χ0n) is 10.4. The predicted molar refractivity (Wildman–Crippen MR) is 73.6 cm³/mol. The first kappa shape index (κ1) is 13.0. The van der Waals surface area contributed by atoms with Gasteiger partial charge in [0.05, 0.1) is 6.54 Å². The number of benzene rings is 1. The van der Waals surface area contributed by atoms with Gasteiger partial charge in [-0.3, -0.25) is 4.79 Å². The number of halogens is 1. The van der Waals surface area contributed by atoms with Gasteiger partial charge in [-0.15, -0.1) is 6.42 Å². The Labute approximate surface area is 113 Å². The monoisotopic (exact) mass is 261 g/mol. The number of hydrogen-bond acceptors (Lipinski definition) is 1. The molecule has 2 rings (SSSR count). The summed E-state index contributed by atoms with van der Waals surface area (Å²) in [5.74, 6) is 3.17. The van der Waals surface area contributed by atoms with Gasteiger partial charge in [-0.2, -0.15) is 0 Å². The van der Waals surface area contributed by atoms with Crippen molar-refractivity contribution in [3.05, 3.63) is 34.3 Å². The van der Waals surface area contributed by atoms with Crippen LogP contribution in [0.5, 0.6) is 0 Å². The molecule has 2 nitrogen and oxygen atoms in total. The van der Waals surface area contributed by atoms with Crippen molar-refractivity contribution < 1.29 is 4.79 Å². The second-order valence-corrected chi connectivity index (χ2v) is 5.15. The summed E-state index contributed by atoms with van der Waals surface area (Å²) < 4.78 is 0. The maximum Gasteiger partial charge on any atom is 0.254 e. The van der Waals surface area contributed by atoms with Crippen LogP contribution >= 0.6 is 11.6 Å². The van der Waals surface area contributed by atoms with E-state index >= 15 is 0 Å². The number of rotatable bonds is 4. The van der Waals surface area contributed by atoms with E-state index in [4.69, 9.17) is 18.0 Å². The highest BCUT2D eigenvalue weighted by molar-refractivity contribution is 6.31. The quantitative estimate of drug-likeness (QED) is 0.763. The molecule has 0 radical (unpaired) electrons. The molecule has 1 aliphatic rings. The molecule has 0 atom stereocenters. The van der Waals surface area contributed by atoms with Crippen LogP contribution in [0.25, 0.3) is 0 Å². The van der Waals surface area contributed by atoms with Crippen LogP contribution in [0.2, 0.25) is 5.02 Å². The first-order chi connectivity index (χ1) is 8.63. The molecule has 0 saturated heterocycles. The summed E-state index contributed by atoms with van der Waals surface area (Å²) in [4.78, 5) is 14.2. The average Bonchev–Trinajstić information content (AvgIpc) is 3.15. The largest absolute Gasteiger partial charge is 0.327 e. The Morgan fingerprint density at radius 2 is 2.28 bits per heavy atom. The van der Waals surface area contributed by atoms with Gasteiger partial charge >= 0.3 is 0 Å². The normalized spacial score (nSPS) is 14.1. The second-order valence-electron chi connectivity index (χ2n) is 4.75. The highest BCUT2D eigenvalue weighted by Gasteiger charge is 2.27. The fourth-order valence-electron chi connectivity index (χ4n) is 1.95. The number of carbonyl (C=O) groups is 1. The topological polar surface area (TPSA) is 20.3 Å². The molecule has 1 aromatic carbocycles. The van der Waals surface area contributed by atoms with Gasteiger partial charge in [-0.1, -0.05) is 23.6 Å². The molecule has 3 heteroatoms. The van der Waals surface area contributed by atoms with Crippen molar-refractivity contribution in [2.75, 3.05) is 13.1 Å². The molecule has 1 saturated carbocycles. The fraction of sp³-hybridized carbons (Fsp3) is 0.400. The predicted octanol–water partition coefficient (Wildman–Crippen LogP) is 3.13. The van der Waals surface area contributed by atoms with Crippen LogP contribution in [0, 0.1) is 25.2 Å². The van der Waals surface area contributed by atoms with Gasteiger partial charge in [-0.05, 0) is 43.4 Å². The van der Waals surface area contributed by atoms with Gasteiger partial charge in [0.2, 0.25) is 0 Å². The van der Waals surface area contributed by atoms with Gasteiger partial charge < -0.3 is 4.90 Å². The third-order valence-electron chi connectivity index (χ3n) is 3.24. The van der Waals surface area contributed by atoms with E-state index in [0.717, 1.165) is 12.1 Å². The fourth-order valence-corrected chi connectivity index (χ4v) is 2.13. The minimum absolute atomic E-state index is 0.0140. The van der Waals surface area contributed by atoms with Crippen molar-refractivity contribution in [1.82, 2.24) is 4.90 Å². The summed E-state index contributed by atoms with van der Waals surface area (Å²) in [6.07, 6.45) is 7.73. The summed E-state index contributed by atoms with van der Waals surface area (Å²) in [6, 6.07) is 5.40. The van der Waals surface area contributed by atoms with Crippen molar-refractivity contribution >= 4 is 17.5 Å². The molecule has 18 heavy (non-hydrogen) atoms. The number of amides is 1. The number of nitrogens with zero attached hydrogens (tertiary/aromatic N) is 1. The first-order valence-electron chi connectivity index (χ1n) is 6.11. The summed E-state index contributed by atoms with van der Waals surface area (Å²) in [7, 11) is 0. The highest BCUT2D eigenvalue weighted by atomic mass is 35.5. The van der Waals surface area contributed by atoms with Gasteiger partial charge in [0.25, 0.3) is 5.91 Å². The smallest absolute Gasteiger partial charge is 0.254 e. The number of terminal acetylenes is 1. The molecule has 1 amide bonds. The van der Waals surface area contributed by atoms with Crippen LogP contribution in [-0.2, 0) is 0 Å². The molecule has 1 aliphatic carbocycles. The second kappa shape index (κ2) is 5.46. The van der Waals surface area contributed by atoms with Crippen LogP contribution in [0.1, 0.15) is 28.8 Å². The van der Waals surface area contributed by atoms with Crippen LogP contribution in [0.15, 0.2) is 18.2 Å². The van der Waals surface area contributed by atoms with E-state index in [2.05, 4.69) is 5.92 Å². The van der Waals surface area contributed by atoms with Crippen LogP contribution in [0.3, 0.4) is 0 Å². The van der Waals surface area contributed by atoms with E-state index in [1.165, 1.54) is 12.8 Å². The van der Waals surface area contributed by atoms with Crippen LogP contribution < -0.4 is 0 Å². The summed E-state index contributed by atoms with van der Waals surface area (Å²) >= 11 is 6.05. The van der Waals surface area contributed by atoms with Gasteiger partial charge in [0.15, 0.2) is 0 Å². The van der Waals surface area contributed by atoms with Gasteiger partial charge in [-0.25, -0.2) is 0 Å². The van der Waals surface area contributed by atoms with E-state index in [9.17, 15) is 4.79 Å². The molecule has 0 spiro atoms. The van der Waals surface area contributed by atoms with Gasteiger partial charge in [0.1, 0.15) is 0 Å². The van der Waals surface area contributed by atoms with Gasteiger partial charge in [0, 0.05) is 17.1 Å². The molecular formula is C15H16ClNO. The Kier molecular flexibility index (Phi) is 3.93. The van der Waals surface area contributed by atoms with E-state index in [-0.39, 0.29) is 5.91 Å². The highest BCUT2D eigenvalue weighted by Crippen LogP contribution is 2.30. The van der Waals surface area contributed by atoms with Crippen molar-refractivity contribution in [2.45, 2.75) is 19.8 Å². The number of carbonyl (C=O) groups excluding carboxylic acids is 1. The lowest BCUT2D eigenvalue weighted by atomic mass is 10.1. The summed E-state index contributed by atoms with van der Waals surface area (Å²) in [6.45, 7) is 2.98. The third kappa shape index (κ3) is 2.86. The molecule has 0 unspecified atom stereocenters. The average molecular weight is 262 g/mol. The van der Waals surface area contributed by atoms with E-state index in [0.29, 0.717) is 23.0 Å². The molecular weight excluding hydrogens is 246 g/mol. The Bertz CT molecular complexity index is 500. The van der Waals surface area contributed by atoms with E-state index in [1.807, 2.05) is 6.92 Å². The van der Waals surface area contributed by atoms with E-state index < -0.39 is 0 Å². The Balaban J connectivity index is 2.21. The molecule has 0 heterocycles. The molecule has 1 fully saturated rings. The molecule has 0 aromatic heterocycles. The zero-order valence-corrected chi connectivity index (χ0v) is 11.2. The van der Waals surface area contributed by atoms with Crippen LogP contribution in [0.4, 0.5) is 0 Å². The maximum absolute atomic E-state index is 12.4. The van der Waals surface area contributed by atoms with Crippen molar-refractivity contribution in [1.29, 1.82) is 0 Å². The molecule has 0 bridgehead atoms. The maximum atomic E-state index is 12.4. The Morgan fingerprint density at radius 3 is 2.89 bits per heavy atom. The van der Waals surface area contributed by atoms with E-state index in [1.54, 1.807) is 23.1 Å². The SMILES string of the molecule is C#CCN(CC1CC1)C(=O)c1cccc(Cl)c1C. The van der Waals surface area contributed by atoms with Crippen LogP contribution in [-0.4, -0.2) is 23.9 Å². The lowest BCUT2D eigenvalue weighted by Gasteiger charge is -2.21. The number of hydrogen-bond donors (Lipinski definition) is 0. The molecule has 0 N–H and O–H groups in total. The lowest BCUT2D eigenvalue weighted by molar-refractivity contribution is 0.0769. The summed E-state index contributed by atoms with van der Waals surface area (Å²) in [5, 5.41) is 0.618. The van der Waals surface area contributed by atoms with Crippen molar-refractivity contribution in [3.8, 4) is 12.3 Å². The standard InChI is InChI=1S/C15H16ClNO/c1-3-9-17(10-12-7-8-12)15(18)13-5-4-6-14(16)11(13)2/h1,4-6,12H,7-10H2,2H3.